The molecule has 17 heavy (non-hydrogen) atoms. The summed E-state index contributed by atoms with van der Waals surface area (Å²) in [6.45, 7) is 4.35. The van der Waals surface area contributed by atoms with Crippen molar-refractivity contribution in [3.63, 3.8) is 0 Å². The van der Waals surface area contributed by atoms with Crippen LogP contribution in [0.4, 0.5) is 0 Å². The molecule has 1 fully saturated rings. The number of hydrogen-bond acceptors (Lipinski definition) is 3. The number of nitrogens with two attached hydrogens (primary N) is 1. The number of nitrogen functional groups attached to an aromatic ring is 1. The Hall–Kier alpha value is -1.42. The first kappa shape index (κ1) is 12.0. The van der Waals surface area contributed by atoms with Gasteiger partial charge >= 0.3 is 0 Å². The Kier molecular flexibility index (Phi) is 3.43. The van der Waals surface area contributed by atoms with Crippen molar-refractivity contribution in [1.29, 1.82) is 5.41 Å². The Morgan fingerprint density at radius 2 is 2.35 bits per heavy atom. The highest BCUT2D eigenvalue weighted by Gasteiger charge is 2.32. The second kappa shape index (κ2) is 4.84. The van der Waals surface area contributed by atoms with E-state index in [0.717, 1.165) is 24.9 Å². The van der Waals surface area contributed by atoms with Gasteiger partial charge in [0.15, 0.2) is 0 Å². The third kappa shape index (κ3) is 3.27. The molecule has 0 amide bonds. The maximum absolute atomic E-state index is 7.37. The monoisotopic (exact) mass is 232 g/mol. The number of amidine groups is 1. The van der Waals surface area contributed by atoms with Gasteiger partial charge in [0.2, 0.25) is 0 Å². The molecule has 2 rings (SSSR count). The lowest BCUT2D eigenvalue weighted by Gasteiger charge is -2.16. The number of hydrogen-bond donors (Lipinski definition) is 2. The van der Waals surface area contributed by atoms with Crippen molar-refractivity contribution in [2.24, 2.45) is 17.6 Å². The number of aromatic nitrogens is 1. The van der Waals surface area contributed by atoms with Crippen LogP contribution in [0, 0.1) is 17.2 Å². The Morgan fingerprint density at radius 1 is 1.65 bits per heavy atom. The molecule has 92 valence electrons. The fraction of sp³-hybridized carbons (Fsp3) is 0.538. The van der Waals surface area contributed by atoms with E-state index < -0.39 is 0 Å². The van der Waals surface area contributed by atoms with Crippen LogP contribution in [0.2, 0.25) is 0 Å². The normalized spacial score (nSPS) is 22.8. The first-order valence-electron chi connectivity index (χ1n) is 6.04. The van der Waals surface area contributed by atoms with Gasteiger partial charge in [-0.3, -0.25) is 10.4 Å². The quantitative estimate of drug-likeness (QED) is 0.596. The lowest BCUT2D eigenvalue weighted by molar-refractivity contribution is 0.307. The van der Waals surface area contributed by atoms with Gasteiger partial charge in [-0.1, -0.05) is 6.92 Å². The van der Waals surface area contributed by atoms with E-state index in [1.54, 1.807) is 6.20 Å². The molecule has 2 atom stereocenters. The van der Waals surface area contributed by atoms with E-state index >= 15 is 0 Å². The first-order chi connectivity index (χ1) is 8.06. The van der Waals surface area contributed by atoms with Crippen LogP contribution in [-0.2, 0) is 6.54 Å². The summed E-state index contributed by atoms with van der Waals surface area (Å²) < 4.78 is 0. The molecule has 4 nitrogen and oxygen atoms in total. The third-order valence-corrected chi connectivity index (χ3v) is 3.38. The lowest BCUT2D eigenvalue weighted by atomic mass is 10.2. The van der Waals surface area contributed by atoms with Crippen molar-refractivity contribution in [1.82, 2.24) is 9.88 Å². The molecule has 0 spiro atoms. The highest BCUT2D eigenvalue weighted by molar-refractivity contribution is 5.93. The number of pyridine rings is 1. The zero-order valence-corrected chi connectivity index (χ0v) is 10.5. The van der Waals surface area contributed by atoms with Crippen molar-refractivity contribution in [2.75, 3.05) is 13.6 Å². The zero-order valence-electron chi connectivity index (χ0n) is 10.5. The maximum Gasteiger partial charge on any atom is 0.141 e. The van der Waals surface area contributed by atoms with E-state index in [1.807, 2.05) is 12.1 Å². The van der Waals surface area contributed by atoms with Gasteiger partial charge in [-0.05, 0) is 43.0 Å². The molecule has 1 aliphatic carbocycles. The minimum atomic E-state index is 0.0327. The molecule has 4 heteroatoms. The molecular weight excluding hydrogens is 212 g/mol. The summed E-state index contributed by atoms with van der Waals surface area (Å²) in [5.41, 5.74) is 7.16. The first-order valence-corrected chi connectivity index (χ1v) is 6.04. The standard InChI is InChI=1S/C13H20N4/c1-9-5-11(9)8-17(2)7-10-3-4-16-12(6-10)13(14)15/h3-4,6,9,11H,5,7-8H2,1-2H3,(H3,14,15). The molecule has 1 heterocycles. The van der Waals surface area contributed by atoms with E-state index in [2.05, 4.69) is 23.9 Å². The topological polar surface area (TPSA) is 66.0 Å². The summed E-state index contributed by atoms with van der Waals surface area (Å²) in [7, 11) is 2.14. The number of nitrogens with zero attached hydrogens (tertiary/aromatic N) is 2. The van der Waals surface area contributed by atoms with Gasteiger partial charge in [0.1, 0.15) is 11.5 Å². The molecule has 0 bridgehead atoms. The van der Waals surface area contributed by atoms with Gasteiger partial charge in [-0.25, -0.2) is 0 Å². The van der Waals surface area contributed by atoms with E-state index in [-0.39, 0.29) is 5.84 Å². The predicted molar refractivity (Wildman–Crippen MR) is 68.9 cm³/mol. The van der Waals surface area contributed by atoms with Crippen LogP contribution < -0.4 is 5.73 Å². The lowest BCUT2D eigenvalue weighted by Crippen LogP contribution is -2.21. The molecular formula is C13H20N4. The van der Waals surface area contributed by atoms with Crippen molar-refractivity contribution < 1.29 is 0 Å². The van der Waals surface area contributed by atoms with E-state index in [0.29, 0.717) is 5.69 Å². The van der Waals surface area contributed by atoms with Crippen LogP contribution in [0.15, 0.2) is 18.3 Å². The van der Waals surface area contributed by atoms with Gasteiger partial charge in [0, 0.05) is 19.3 Å². The highest BCUT2D eigenvalue weighted by atomic mass is 15.1. The molecule has 1 aromatic rings. The van der Waals surface area contributed by atoms with Crippen molar-refractivity contribution >= 4 is 5.84 Å². The zero-order chi connectivity index (χ0) is 12.4. The highest BCUT2D eigenvalue weighted by Crippen LogP contribution is 2.38. The van der Waals surface area contributed by atoms with Crippen LogP contribution >= 0.6 is 0 Å². The van der Waals surface area contributed by atoms with Crippen LogP contribution in [0.25, 0.3) is 0 Å². The molecule has 0 aromatic carbocycles. The summed E-state index contributed by atoms with van der Waals surface area (Å²) in [5, 5.41) is 7.37. The van der Waals surface area contributed by atoms with Crippen LogP contribution in [0.1, 0.15) is 24.6 Å². The van der Waals surface area contributed by atoms with Crippen LogP contribution in [-0.4, -0.2) is 29.3 Å². The summed E-state index contributed by atoms with van der Waals surface area (Å²) in [4.78, 5) is 6.39. The van der Waals surface area contributed by atoms with Crippen LogP contribution in [0.5, 0.6) is 0 Å². The van der Waals surface area contributed by atoms with Gasteiger partial charge in [-0.2, -0.15) is 0 Å². The Labute approximate surface area is 102 Å². The molecule has 2 unspecified atom stereocenters. The van der Waals surface area contributed by atoms with E-state index in [4.69, 9.17) is 11.1 Å². The number of nitrogens with one attached hydrogen (secondary N) is 1. The minimum Gasteiger partial charge on any atom is -0.382 e. The van der Waals surface area contributed by atoms with Gasteiger partial charge < -0.3 is 10.6 Å². The van der Waals surface area contributed by atoms with Gasteiger partial charge in [-0.15, -0.1) is 0 Å². The predicted octanol–water partition coefficient (Wildman–Crippen LogP) is 1.45. The minimum absolute atomic E-state index is 0.0327. The SMILES string of the molecule is CC1CC1CN(C)Cc1ccnc(C(=N)N)c1. The largest absolute Gasteiger partial charge is 0.382 e. The maximum atomic E-state index is 7.37. The second-order valence-electron chi connectivity index (χ2n) is 5.13. The molecule has 0 aliphatic heterocycles. The van der Waals surface area contributed by atoms with Crippen LogP contribution in [0.3, 0.4) is 0 Å². The Morgan fingerprint density at radius 3 is 2.94 bits per heavy atom. The van der Waals surface area contributed by atoms with E-state index in [1.165, 1.54) is 12.0 Å². The Bertz CT molecular complexity index is 416. The van der Waals surface area contributed by atoms with Gasteiger partial charge in [0.25, 0.3) is 0 Å². The summed E-state index contributed by atoms with van der Waals surface area (Å²) in [5.74, 6) is 1.79. The second-order valence-corrected chi connectivity index (χ2v) is 5.13. The Balaban J connectivity index is 1.93. The average Bonchev–Trinajstić information content (AvgIpc) is 2.94. The summed E-state index contributed by atoms with van der Waals surface area (Å²) >= 11 is 0. The molecule has 0 saturated heterocycles. The number of rotatable bonds is 5. The molecule has 3 N–H and O–H groups in total. The summed E-state index contributed by atoms with van der Waals surface area (Å²) in [6.07, 6.45) is 3.08. The van der Waals surface area contributed by atoms with Crippen molar-refractivity contribution in [3.05, 3.63) is 29.6 Å². The van der Waals surface area contributed by atoms with Crippen molar-refractivity contribution in [3.8, 4) is 0 Å². The molecule has 1 aromatic heterocycles. The summed E-state index contributed by atoms with van der Waals surface area (Å²) in [6, 6.07) is 3.88. The smallest absolute Gasteiger partial charge is 0.141 e. The van der Waals surface area contributed by atoms with E-state index in [9.17, 15) is 0 Å². The third-order valence-electron chi connectivity index (χ3n) is 3.38. The molecule has 1 saturated carbocycles. The average molecular weight is 232 g/mol. The van der Waals surface area contributed by atoms with Gasteiger partial charge in [0.05, 0.1) is 0 Å². The fourth-order valence-corrected chi connectivity index (χ4v) is 2.15. The molecule has 0 radical (unpaired) electrons. The van der Waals surface area contributed by atoms with Crippen molar-refractivity contribution in [2.45, 2.75) is 19.9 Å². The molecule has 1 aliphatic rings. The fourth-order valence-electron chi connectivity index (χ4n) is 2.15.